The van der Waals surface area contributed by atoms with E-state index in [0.717, 1.165) is 17.7 Å². The molecule has 0 spiro atoms. The summed E-state index contributed by atoms with van der Waals surface area (Å²) in [4.78, 5) is 30.4. The monoisotopic (exact) mass is 430 g/mol. The Balaban J connectivity index is 1.78. The second-order valence-corrected chi connectivity index (χ2v) is 8.61. The lowest BCUT2D eigenvalue weighted by Gasteiger charge is -2.37. The molecule has 2 aromatic rings. The number of methoxy groups -OCH3 is 1. The van der Waals surface area contributed by atoms with Gasteiger partial charge in [-0.25, -0.2) is 0 Å². The lowest BCUT2D eigenvalue weighted by atomic mass is 10.00. The number of hydrogen-bond acceptors (Lipinski definition) is 5. The van der Waals surface area contributed by atoms with Gasteiger partial charge in [0, 0.05) is 30.0 Å². The zero-order valence-electron chi connectivity index (χ0n) is 18.1. The normalized spacial score (nSPS) is 15.6. The Morgan fingerprint density at radius 2 is 2.03 bits per heavy atom. The van der Waals surface area contributed by atoms with Crippen LogP contribution in [0.4, 0.5) is 0 Å². The minimum absolute atomic E-state index is 0.00392. The Bertz CT molecular complexity index is 880. The molecule has 0 aliphatic carbocycles. The van der Waals surface area contributed by atoms with Crippen LogP contribution in [0.25, 0.3) is 0 Å². The smallest absolute Gasteiger partial charge is 0.242 e. The number of amides is 2. The topological polar surface area (TPSA) is 59.1 Å². The van der Waals surface area contributed by atoms with Crippen LogP contribution in [0.5, 0.6) is 11.5 Å². The second kappa shape index (κ2) is 9.98. The molecule has 30 heavy (non-hydrogen) atoms. The molecule has 1 aliphatic heterocycles. The van der Waals surface area contributed by atoms with E-state index in [1.54, 1.807) is 23.3 Å². The van der Waals surface area contributed by atoms with Crippen LogP contribution in [0.3, 0.4) is 0 Å². The number of nitrogens with zero attached hydrogens (tertiary/aromatic N) is 2. The van der Waals surface area contributed by atoms with E-state index in [9.17, 15) is 9.59 Å². The van der Waals surface area contributed by atoms with Crippen molar-refractivity contribution in [2.24, 2.45) is 0 Å². The molecule has 7 heteroatoms. The molecule has 1 atom stereocenters. The number of carbonyl (C=O) groups excluding carboxylic acids is 2. The van der Waals surface area contributed by atoms with E-state index in [-0.39, 0.29) is 30.4 Å². The molecule has 1 aromatic heterocycles. The first-order valence-electron chi connectivity index (χ1n) is 10.4. The first-order valence-corrected chi connectivity index (χ1v) is 11.2. The second-order valence-electron chi connectivity index (χ2n) is 7.61. The average molecular weight is 431 g/mol. The molecule has 0 saturated heterocycles. The largest absolute Gasteiger partial charge is 0.497 e. The first-order chi connectivity index (χ1) is 14.4. The van der Waals surface area contributed by atoms with Crippen LogP contribution in [0.2, 0.25) is 0 Å². The van der Waals surface area contributed by atoms with Crippen LogP contribution in [0, 0.1) is 0 Å². The molecule has 1 aromatic carbocycles. The van der Waals surface area contributed by atoms with Crippen molar-refractivity contribution in [2.45, 2.75) is 45.7 Å². The zero-order valence-corrected chi connectivity index (χ0v) is 18.9. The van der Waals surface area contributed by atoms with Crippen LogP contribution in [0.15, 0.2) is 35.7 Å². The Labute approximate surface area is 182 Å². The highest BCUT2D eigenvalue weighted by Gasteiger charge is 2.33. The van der Waals surface area contributed by atoms with E-state index in [4.69, 9.17) is 9.47 Å². The van der Waals surface area contributed by atoms with Crippen LogP contribution >= 0.6 is 11.3 Å². The van der Waals surface area contributed by atoms with Gasteiger partial charge in [-0.2, -0.15) is 0 Å². The molecule has 3 rings (SSSR count). The number of benzene rings is 1. The maximum absolute atomic E-state index is 13.2. The van der Waals surface area contributed by atoms with Crippen LogP contribution in [-0.2, 0) is 16.0 Å². The summed E-state index contributed by atoms with van der Waals surface area (Å²) in [5.41, 5.74) is 1.14. The van der Waals surface area contributed by atoms with Crippen molar-refractivity contribution < 1.29 is 19.1 Å². The van der Waals surface area contributed by atoms with Gasteiger partial charge >= 0.3 is 0 Å². The molecule has 0 unspecified atom stereocenters. The molecule has 2 amide bonds. The standard InChI is InChI=1S/C23H30N2O4S/c1-5-22(26)25(16(2)3)14-23(27)24-11-9-21-19(10-12-30-21)20(24)15-29-18-8-6-7-17(13-18)28-4/h6-8,10,12-13,16,20H,5,9,11,14-15H2,1-4H3/t20-/m1/s1. The van der Waals surface area contributed by atoms with Gasteiger partial charge < -0.3 is 19.3 Å². The van der Waals surface area contributed by atoms with Crippen molar-refractivity contribution in [1.29, 1.82) is 0 Å². The van der Waals surface area contributed by atoms with Gasteiger partial charge in [0.1, 0.15) is 18.1 Å². The van der Waals surface area contributed by atoms with E-state index in [1.807, 2.05) is 49.9 Å². The molecular weight excluding hydrogens is 400 g/mol. The molecule has 162 valence electrons. The van der Waals surface area contributed by atoms with Gasteiger partial charge in [0.05, 0.1) is 19.7 Å². The van der Waals surface area contributed by atoms with Gasteiger partial charge in [-0.05, 0) is 49.4 Å². The van der Waals surface area contributed by atoms with E-state index >= 15 is 0 Å². The Morgan fingerprint density at radius 3 is 2.73 bits per heavy atom. The molecule has 2 heterocycles. The SMILES string of the molecule is CCC(=O)N(CC(=O)N1CCc2sccc2[C@H]1COc1cccc(OC)c1)C(C)C. The summed E-state index contributed by atoms with van der Waals surface area (Å²) in [5, 5.41) is 2.07. The first kappa shape index (κ1) is 22.2. The number of carbonyl (C=O) groups is 2. The van der Waals surface area contributed by atoms with Gasteiger partial charge in [0.2, 0.25) is 11.8 Å². The van der Waals surface area contributed by atoms with Crippen molar-refractivity contribution in [2.75, 3.05) is 26.8 Å². The molecule has 0 fully saturated rings. The number of hydrogen-bond donors (Lipinski definition) is 0. The van der Waals surface area contributed by atoms with Crippen LogP contribution < -0.4 is 9.47 Å². The van der Waals surface area contributed by atoms with Crippen LogP contribution in [-0.4, -0.2) is 54.5 Å². The Kier molecular flexibility index (Phi) is 7.37. The lowest BCUT2D eigenvalue weighted by molar-refractivity contribution is -0.144. The summed E-state index contributed by atoms with van der Waals surface area (Å²) in [6.07, 6.45) is 1.22. The highest BCUT2D eigenvalue weighted by atomic mass is 32.1. The predicted molar refractivity (Wildman–Crippen MR) is 118 cm³/mol. The molecule has 1 aliphatic rings. The number of rotatable bonds is 8. The van der Waals surface area contributed by atoms with Gasteiger partial charge in [0.15, 0.2) is 0 Å². The minimum Gasteiger partial charge on any atom is -0.497 e. The van der Waals surface area contributed by atoms with Crippen molar-refractivity contribution in [1.82, 2.24) is 9.80 Å². The summed E-state index contributed by atoms with van der Waals surface area (Å²) in [5.74, 6) is 1.39. The van der Waals surface area contributed by atoms with Crippen molar-refractivity contribution >= 4 is 23.2 Å². The Hall–Kier alpha value is -2.54. The molecule has 0 bridgehead atoms. The quantitative estimate of drug-likeness (QED) is 0.637. The minimum atomic E-state index is -0.176. The average Bonchev–Trinajstić information content (AvgIpc) is 3.24. The third-order valence-corrected chi connectivity index (χ3v) is 6.41. The summed E-state index contributed by atoms with van der Waals surface area (Å²) in [6.45, 7) is 6.79. The summed E-state index contributed by atoms with van der Waals surface area (Å²) in [7, 11) is 1.62. The Morgan fingerprint density at radius 1 is 1.27 bits per heavy atom. The van der Waals surface area contributed by atoms with Gasteiger partial charge in [-0.3, -0.25) is 9.59 Å². The summed E-state index contributed by atoms with van der Waals surface area (Å²) < 4.78 is 11.3. The van der Waals surface area contributed by atoms with E-state index in [2.05, 4.69) is 11.4 Å². The third kappa shape index (κ3) is 4.95. The van der Waals surface area contributed by atoms with E-state index in [0.29, 0.717) is 25.3 Å². The van der Waals surface area contributed by atoms with Gasteiger partial charge in [-0.1, -0.05) is 13.0 Å². The lowest BCUT2D eigenvalue weighted by Crippen LogP contribution is -2.49. The number of fused-ring (bicyclic) bond motifs is 1. The fourth-order valence-corrected chi connectivity index (χ4v) is 4.67. The predicted octanol–water partition coefficient (Wildman–Crippen LogP) is 3.91. The van der Waals surface area contributed by atoms with Crippen molar-refractivity contribution in [3.63, 3.8) is 0 Å². The molecule has 6 nitrogen and oxygen atoms in total. The third-order valence-electron chi connectivity index (χ3n) is 5.42. The maximum Gasteiger partial charge on any atom is 0.242 e. The van der Waals surface area contributed by atoms with E-state index < -0.39 is 0 Å². The molecule has 0 radical (unpaired) electrons. The zero-order chi connectivity index (χ0) is 21.7. The molecule has 0 N–H and O–H groups in total. The van der Waals surface area contributed by atoms with Gasteiger partial charge in [-0.15, -0.1) is 11.3 Å². The summed E-state index contributed by atoms with van der Waals surface area (Å²) in [6, 6.07) is 9.35. The highest BCUT2D eigenvalue weighted by molar-refractivity contribution is 7.10. The fraction of sp³-hybridized carbons (Fsp3) is 0.478. The molecule has 0 saturated carbocycles. The van der Waals surface area contributed by atoms with Crippen LogP contribution in [0.1, 0.15) is 43.7 Å². The number of thiophene rings is 1. The van der Waals surface area contributed by atoms with E-state index in [1.165, 1.54) is 4.88 Å². The summed E-state index contributed by atoms with van der Waals surface area (Å²) >= 11 is 1.72. The van der Waals surface area contributed by atoms with Crippen molar-refractivity contribution in [3.05, 3.63) is 46.2 Å². The highest BCUT2D eigenvalue weighted by Crippen LogP contribution is 2.34. The fourth-order valence-electron chi connectivity index (χ4n) is 3.74. The van der Waals surface area contributed by atoms with Gasteiger partial charge in [0.25, 0.3) is 0 Å². The maximum atomic E-state index is 13.2. The van der Waals surface area contributed by atoms with Crippen molar-refractivity contribution in [3.8, 4) is 11.5 Å². The molecular formula is C23H30N2O4S. The number of ether oxygens (including phenoxy) is 2.